The lowest BCUT2D eigenvalue weighted by Crippen LogP contribution is -2.28. The second-order valence-electron chi connectivity index (χ2n) is 7.53. The summed E-state index contributed by atoms with van der Waals surface area (Å²) in [7, 11) is 1.65. The molecule has 1 unspecified atom stereocenters. The van der Waals surface area contributed by atoms with Crippen LogP contribution in [-0.2, 0) is 22.4 Å². The van der Waals surface area contributed by atoms with Gasteiger partial charge >= 0.3 is 0 Å². The Kier molecular flexibility index (Phi) is 6.27. The van der Waals surface area contributed by atoms with Crippen molar-refractivity contribution in [2.24, 2.45) is 5.92 Å². The number of para-hydroxylation sites is 1. The average Bonchev–Trinajstić information content (AvgIpc) is 3.39. The van der Waals surface area contributed by atoms with E-state index in [4.69, 9.17) is 4.74 Å². The summed E-state index contributed by atoms with van der Waals surface area (Å²) < 4.78 is 5.17. The first-order chi connectivity index (χ1) is 15.0. The van der Waals surface area contributed by atoms with E-state index in [1.165, 1.54) is 16.9 Å². The SMILES string of the molecule is COc1ccc(CCc2nnc(NC(=O)C3CC(=O)N(c4ccccc4C)C3)s2)cc1. The lowest BCUT2D eigenvalue weighted by molar-refractivity contribution is -0.122. The van der Waals surface area contributed by atoms with Gasteiger partial charge in [0.15, 0.2) is 0 Å². The van der Waals surface area contributed by atoms with Crippen LogP contribution in [0.25, 0.3) is 0 Å². The van der Waals surface area contributed by atoms with Crippen molar-refractivity contribution in [3.05, 3.63) is 64.7 Å². The molecule has 160 valence electrons. The van der Waals surface area contributed by atoms with E-state index in [9.17, 15) is 9.59 Å². The van der Waals surface area contributed by atoms with Crippen molar-refractivity contribution in [3.63, 3.8) is 0 Å². The molecule has 0 radical (unpaired) electrons. The number of aromatic nitrogens is 2. The van der Waals surface area contributed by atoms with E-state index in [1.54, 1.807) is 12.0 Å². The third-order valence-corrected chi connectivity index (χ3v) is 6.28. The summed E-state index contributed by atoms with van der Waals surface area (Å²) >= 11 is 1.37. The number of nitrogens with zero attached hydrogens (tertiary/aromatic N) is 3. The van der Waals surface area contributed by atoms with Gasteiger partial charge in [0.2, 0.25) is 16.9 Å². The highest BCUT2D eigenvalue weighted by Crippen LogP contribution is 2.29. The number of rotatable bonds is 7. The summed E-state index contributed by atoms with van der Waals surface area (Å²) in [6.07, 6.45) is 1.77. The summed E-state index contributed by atoms with van der Waals surface area (Å²) in [6, 6.07) is 15.6. The largest absolute Gasteiger partial charge is 0.497 e. The maximum Gasteiger partial charge on any atom is 0.231 e. The number of ether oxygens (including phenoxy) is 1. The molecule has 1 atom stereocenters. The van der Waals surface area contributed by atoms with E-state index < -0.39 is 5.92 Å². The molecule has 3 aromatic rings. The topological polar surface area (TPSA) is 84.4 Å². The van der Waals surface area contributed by atoms with Gasteiger partial charge < -0.3 is 15.0 Å². The molecule has 2 aromatic carbocycles. The summed E-state index contributed by atoms with van der Waals surface area (Å²) in [5, 5.41) is 12.4. The Balaban J connectivity index is 1.32. The number of methoxy groups -OCH3 is 1. The van der Waals surface area contributed by atoms with Crippen LogP contribution in [0.15, 0.2) is 48.5 Å². The standard InChI is InChI=1S/C23H24N4O3S/c1-15-5-3-4-6-19(15)27-14-17(13-21(27)28)22(29)24-23-26-25-20(31-23)12-9-16-7-10-18(30-2)11-8-16/h3-8,10-11,17H,9,12-14H2,1-2H3,(H,24,26,29). The Morgan fingerprint density at radius 2 is 1.94 bits per heavy atom. The third kappa shape index (κ3) is 4.91. The fourth-order valence-electron chi connectivity index (χ4n) is 3.64. The van der Waals surface area contributed by atoms with Gasteiger partial charge in [0, 0.05) is 25.1 Å². The zero-order valence-electron chi connectivity index (χ0n) is 17.5. The van der Waals surface area contributed by atoms with Crippen molar-refractivity contribution in [2.75, 3.05) is 23.9 Å². The van der Waals surface area contributed by atoms with Gasteiger partial charge in [-0.25, -0.2) is 0 Å². The second kappa shape index (κ2) is 9.26. The van der Waals surface area contributed by atoms with Crippen molar-refractivity contribution in [2.45, 2.75) is 26.2 Å². The fourth-order valence-corrected chi connectivity index (χ4v) is 4.38. The van der Waals surface area contributed by atoms with Crippen LogP contribution in [0.4, 0.5) is 10.8 Å². The highest BCUT2D eigenvalue weighted by molar-refractivity contribution is 7.15. The van der Waals surface area contributed by atoms with Crippen LogP contribution in [0, 0.1) is 12.8 Å². The Hall–Kier alpha value is -3.26. The minimum absolute atomic E-state index is 0.0353. The lowest BCUT2D eigenvalue weighted by atomic mass is 10.1. The lowest BCUT2D eigenvalue weighted by Gasteiger charge is -2.18. The Bertz CT molecular complexity index is 1080. The van der Waals surface area contributed by atoms with Crippen molar-refractivity contribution >= 4 is 34.0 Å². The average molecular weight is 437 g/mol. The van der Waals surface area contributed by atoms with E-state index >= 15 is 0 Å². The zero-order chi connectivity index (χ0) is 21.8. The summed E-state index contributed by atoms with van der Waals surface area (Å²) in [6.45, 7) is 2.34. The molecule has 1 aliphatic heterocycles. The molecule has 0 spiro atoms. The predicted molar refractivity (Wildman–Crippen MR) is 121 cm³/mol. The molecule has 8 heteroatoms. The maximum absolute atomic E-state index is 12.7. The molecule has 1 aliphatic rings. The minimum Gasteiger partial charge on any atom is -0.497 e. The molecule has 0 aliphatic carbocycles. The van der Waals surface area contributed by atoms with Crippen molar-refractivity contribution < 1.29 is 14.3 Å². The van der Waals surface area contributed by atoms with Gasteiger partial charge in [0.1, 0.15) is 10.8 Å². The van der Waals surface area contributed by atoms with Gasteiger partial charge in [-0.2, -0.15) is 0 Å². The molecule has 1 saturated heterocycles. The van der Waals surface area contributed by atoms with Crippen molar-refractivity contribution in [3.8, 4) is 5.75 Å². The number of hydrogen-bond donors (Lipinski definition) is 1. The van der Waals surface area contributed by atoms with Crippen LogP contribution >= 0.6 is 11.3 Å². The Morgan fingerprint density at radius 1 is 1.16 bits per heavy atom. The van der Waals surface area contributed by atoms with E-state index in [1.807, 2.05) is 55.5 Å². The molecule has 31 heavy (non-hydrogen) atoms. The van der Waals surface area contributed by atoms with Crippen LogP contribution in [0.2, 0.25) is 0 Å². The number of aryl methyl sites for hydroxylation is 3. The van der Waals surface area contributed by atoms with Crippen molar-refractivity contribution in [1.29, 1.82) is 0 Å². The number of carbonyl (C=O) groups is 2. The van der Waals surface area contributed by atoms with Gasteiger partial charge in [0.25, 0.3) is 0 Å². The highest BCUT2D eigenvalue weighted by atomic mass is 32.1. The fraction of sp³-hybridized carbons (Fsp3) is 0.304. The maximum atomic E-state index is 12.7. The first-order valence-electron chi connectivity index (χ1n) is 10.2. The molecular weight excluding hydrogens is 412 g/mol. The monoisotopic (exact) mass is 436 g/mol. The van der Waals surface area contributed by atoms with E-state index in [0.717, 1.165) is 34.8 Å². The number of benzene rings is 2. The van der Waals surface area contributed by atoms with Crippen LogP contribution < -0.4 is 15.0 Å². The van der Waals surface area contributed by atoms with Crippen molar-refractivity contribution in [1.82, 2.24) is 10.2 Å². The van der Waals surface area contributed by atoms with E-state index in [-0.39, 0.29) is 18.2 Å². The summed E-state index contributed by atoms with van der Waals surface area (Å²) in [4.78, 5) is 26.9. The van der Waals surface area contributed by atoms with Crippen LogP contribution in [0.1, 0.15) is 22.6 Å². The zero-order valence-corrected chi connectivity index (χ0v) is 18.3. The molecule has 1 fully saturated rings. The molecule has 2 amide bonds. The van der Waals surface area contributed by atoms with Gasteiger partial charge in [-0.3, -0.25) is 9.59 Å². The van der Waals surface area contributed by atoms with E-state index in [0.29, 0.717) is 11.7 Å². The number of hydrogen-bond acceptors (Lipinski definition) is 6. The molecule has 0 bridgehead atoms. The number of amides is 2. The summed E-state index contributed by atoms with van der Waals surface area (Å²) in [5.74, 6) is 0.198. The number of anilines is 2. The van der Waals surface area contributed by atoms with Gasteiger partial charge in [-0.1, -0.05) is 41.7 Å². The van der Waals surface area contributed by atoms with Crippen LogP contribution in [-0.4, -0.2) is 35.7 Å². The third-order valence-electron chi connectivity index (χ3n) is 5.39. The molecular formula is C23H24N4O3S. The van der Waals surface area contributed by atoms with Gasteiger partial charge in [-0.05, 0) is 42.7 Å². The van der Waals surface area contributed by atoms with E-state index in [2.05, 4.69) is 15.5 Å². The smallest absolute Gasteiger partial charge is 0.231 e. The molecule has 1 aromatic heterocycles. The molecule has 1 N–H and O–H groups in total. The second-order valence-corrected chi connectivity index (χ2v) is 8.59. The molecule has 0 saturated carbocycles. The summed E-state index contributed by atoms with van der Waals surface area (Å²) in [5.41, 5.74) is 3.06. The Labute approximate surface area is 185 Å². The molecule has 7 nitrogen and oxygen atoms in total. The van der Waals surface area contributed by atoms with Crippen LogP contribution in [0.3, 0.4) is 0 Å². The molecule has 2 heterocycles. The first kappa shape index (κ1) is 21.0. The normalized spacial score (nSPS) is 15.9. The quantitative estimate of drug-likeness (QED) is 0.611. The Morgan fingerprint density at radius 3 is 2.68 bits per heavy atom. The van der Waals surface area contributed by atoms with Gasteiger partial charge in [-0.15, -0.1) is 10.2 Å². The predicted octanol–water partition coefficient (Wildman–Crippen LogP) is 3.63. The van der Waals surface area contributed by atoms with Gasteiger partial charge in [0.05, 0.1) is 13.0 Å². The minimum atomic E-state index is -0.404. The highest BCUT2D eigenvalue weighted by Gasteiger charge is 2.36. The number of nitrogens with one attached hydrogen (secondary N) is 1. The molecule has 4 rings (SSSR count). The first-order valence-corrected chi connectivity index (χ1v) is 11.0. The van der Waals surface area contributed by atoms with Crippen LogP contribution in [0.5, 0.6) is 5.75 Å². The number of carbonyl (C=O) groups excluding carboxylic acids is 2.